The first-order valence-electron chi connectivity index (χ1n) is 8.64. The highest BCUT2D eigenvalue weighted by Crippen LogP contribution is 2.52. The fraction of sp³-hybridized carbons (Fsp3) is 0.579. The van der Waals surface area contributed by atoms with Gasteiger partial charge in [-0.05, 0) is 43.2 Å². The monoisotopic (exact) mass is 310 g/mol. The molecule has 0 spiro atoms. The van der Waals surface area contributed by atoms with Crippen molar-refractivity contribution in [2.75, 3.05) is 13.1 Å². The van der Waals surface area contributed by atoms with Gasteiger partial charge in [-0.3, -0.25) is 4.79 Å². The van der Waals surface area contributed by atoms with Crippen LogP contribution in [0.1, 0.15) is 25.7 Å². The van der Waals surface area contributed by atoms with Gasteiger partial charge in [0.15, 0.2) is 0 Å². The molecular weight excluding hydrogens is 288 g/mol. The van der Waals surface area contributed by atoms with Gasteiger partial charge < -0.3 is 9.64 Å². The lowest BCUT2D eigenvalue weighted by atomic mass is 9.55. The second-order valence-electron chi connectivity index (χ2n) is 7.20. The number of para-hydroxylation sites is 1. The Labute approximate surface area is 137 Å². The molecule has 23 heavy (non-hydrogen) atoms. The van der Waals surface area contributed by atoms with Crippen LogP contribution in [0, 0.1) is 35.0 Å². The average Bonchev–Trinajstić information content (AvgIpc) is 3.02. The molecule has 4 aliphatic rings. The number of hydrogen-bond acceptors (Lipinski definition) is 3. The third-order valence-corrected chi connectivity index (χ3v) is 5.84. The van der Waals surface area contributed by atoms with E-state index in [4.69, 9.17) is 4.74 Å². The normalized spacial score (nSPS) is 35.3. The zero-order valence-corrected chi connectivity index (χ0v) is 13.2. The summed E-state index contributed by atoms with van der Waals surface area (Å²) < 4.78 is 5.98. The van der Waals surface area contributed by atoms with Gasteiger partial charge in [0.1, 0.15) is 11.9 Å². The molecule has 1 saturated heterocycles. The van der Waals surface area contributed by atoms with Crippen LogP contribution in [0.5, 0.6) is 5.75 Å². The predicted molar refractivity (Wildman–Crippen MR) is 85.5 cm³/mol. The third-order valence-electron chi connectivity index (χ3n) is 5.84. The zero-order chi connectivity index (χ0) is 15.8. The van der Waals surface area contributed by atoms with E-state index in [1.165, 1.54) is 0 Å². The van der Waals surface area contributed by atoms with Crippen LogP contribution in [0.25, 0.3) is 0 Å². The number of hydrogen-bond donors (Lipinski definition) is 0. The summed E-state index contributed by atoms with van der Waals surface area (Å²) in [5, 5.41) is 9.26. The highest BCUT2D eigenvalue weighted by atomic mass is 16.5. The van der Waals surface area contributed by atoms with E-state index in [-0.39, 0.29) is 23.8 Å². The smallest absolute Gasteiger partial charge is 0.226 e. The Morgan fingerprint density at radius 3 is 2.70 bits per heavy atom. The number of carbonyl (C=O) groups excluding carboxylic acids is 1. The number of rotatable bonds is 3. The Bertz CT molecular complexity index is 618. The van der Waals surface area contributed by atoms with Crippen molar-refractivity contribution in [1.82, 2.24) is 4.90 Å². The second kappa shape index (κ2) is 5.88. The Balaban J connectivity index is 1.36. The molecule has 2 bridgehead atoms. The first-order valence-corrected chi connectivity index (χ1v) is 8.64. The van der Waals surface area contributed by atoms with Gasteiger partial charge in [0.2, 0.25) is 5.91 Å². The van der Waals surface area contributed by atoms with E-state index in [0.29, 0.717) is 18.4 Å². The van der Waals surface area contributed by atoms with E-state index >= 15 is 0 Å². The molecule has 3 saturated carbocycles. The highest BCUT2D eigenvalue weighted by Gasteiger charge is 2.50. The molecule has 3 aliphatic carbocycles. The van der Waals surface area contributed by atoms with E-state index in [2.05, 4.69) is 6.07 Å². The van der Waals surface area contributed by atoms with Crippen LogP contribution in [-0.2, 0) is 4.79 Å². The van der Waals surface area contributed by atoms with Crippen LogP contribution in [0.2, 0.25) is 0 Å². The molecule has 1 amide bonds. The quantitative estimate of drug-likeness (QED) is 0.862. The Morgan fingerprint density at radius 2 is 1.96 bits per heavy atom. The molecule has 1 unspecified atom stereocenters. The number of ether oxygens (including phenoxy) is 1. The largest absolute Gasteiger partial charge is 0.489 e. The van der Waals surface area contributed by atoms with Crippen molar-refractivity contribution in [3.8, 4) is 11.8 Å². The maximum Gasteiger partial charge on any atom is 0.226 e. The fourth-order valence-electron chi connectivity index (χ4n) is 4.44. The van der Waals surface area contributed by atoms with Gasteiger partial charge in [-0.1, -0.05) is 18.2 Å². The summed E-state index contributed by atoms with van der Waals surface area (Å²) >= 11 is 0. The van der Waals surface area contributed by atoms with Crippen LogP contribution in [0.4, 0.5) is 0 Å². The summed E-state index contributed by atoms with van der Waals surface area (Å²) in [6.07, 6.45) is 3.90. The van der Waals surface area contributed by atoms with Crippen LogP contribution in [0.15, 0.2) is 30.3 Å². The summed E-state index contributed by atoms with van der Waals surface area (Å²) in [6, 6.07) is 12.2. The number of carbonyl (C=O) groups is 1. The van der Waals surface area contributed by atoms with Crippen molar-refractivity contribution in [1.29, 1.82) is 5.26 Å². The van der Waals surface area contributed by atoms with Crippen molar-refractivity contribution in [2.45, 2.75) is 31.8 Å². The van der Waals surface area contributed by atoms with Gasteiger partial charge in [-0.15, -0.1) is 0 Å². The van der Waals surface area contributed by atoms with Crippen LogP contribution >= 0.6 is 0 Å². The SMILES string of the molecule is N#C[C@@H]1C[C@H](C(=O)N2CCC(Oc3ccccc3)C2)C2CC1C2. The number of likely N-dealkylation sites (tertiary alicyclic amines) is 1. The van der Waals surface area contributed by atoms with E-state index in [9.17, 15) is 10.1 Å². The topological polar surface area (TPSA) is 53.3 Å². The Hall–Kier alpha value is -2.02. The van der Waals surface area contributed by atoms with Crippen LogP contribution < -0.4 is 4.74 Å². The molecule has 0 aromatic heterocycles. The minimum absolute atomic E-state index is 0.0696. The second-order valence-corrected chi connectivity index (χ2v) is 7.20. The summed E-state index contributed by atoms with van der Waals surface area (Å²) in [5.41, 5.74) is 0. The van der Waals surface area contributed by atoms with Gasteiger partial charge in [-0.2, -0.15) is 5.26 Å². The molecule has 4 heteroatoms. The van der Waals surface area contributed by atoms with E-state index in [1.807, 2.05) is 35.2 Å². The molecule has 1 aromatic rings. The standard InChI is InChI=1S/C19H22N2O2/c20-11-15-10-18(14-8-13(15)9-14)19(22)21-7-6-17(12-21)23-16-4-2-1-3-5-16/h1-5,13-15,17-18H,6-10,12H2/t13?,14?,15-,17?,18-/m0/s1. The number of nitriles is 1. The van der Waals surface area contributed by atoms with Crippen molar-refractivity contribution in [3.05, 3.63) is 30.3 Å². The highest BCUT2D eigenvalue weighted by molar-refractivity contribution is 5.80. The van der Waals surface area contributed by atoms with Gasteiger partial charge >= 0.3 is 0 Å². The molecule has 0 N–H and O–H groups in total. The van der Waals surface area contributed by atoms with Gasteiger partial charge in [0.25, 0.3) is 0 Å². The number of nitrogens with zero attached hydrogens (tertiary/aromatic N) is 2. The fourth-order valence-corrected chi connectivity index (χ4v) is 4.44. The Kier molecular flexibility index (Phi) is 3.72. The van der Waals surface area contributed by atoms with Crippen LogP contribution in [0.3, 0.4) is 0 Å². The number of fused-ring (bicyclic) bond motifs is 2. The van der Waals surface area contributed by atoms with Crippen molar-refractivity contribution >= 4 is 5.91 Å². The first kappa shape index (κ1) is 14.6. The molecule has 3 atom stereocenters. The molecule has 4 fully saturated rings. The lowest BCUT2D eigenvalue weighted by molar-refractivity contribution is -0.143. The van der Waals surface area contributed by atoms with Gasteiger partial charge in [-0.25, -0.2) is 0 Å². The van der Waals surface area contributed by atoms with E-state index in [1.54, 1.807) is 0 Å². The molecule has 5 rings (SSSR count). The summed E-state index contributed by atoms with van der Waals surface area (Å²) in [6.45, 7) is 1.46. The lowest BCUT2D eigenvalue weighted by Gasteiger charge is -2.49. The summed E-state index contributed by atoms with van der Waals surface area (Å²) in [4.78, 5) is 14.8. The predicted octanol–water partition coefficient (Wildman–Crippen LogP) is 2.85. The van der Waals surface area contributed by atoms with Crippen molar-refractivity contribution in [3.63, 3.8) is 0 Å². The maximum absolute atomic E-state index is 12.9. The van der Waals surface area contributed by atoms with Gasteiger partial charge in [0.05, 0.1) is 12.6 Å². The molecule has 0 radical (unpaired) electrons. The maximum atomic E-state index is 12.9. The molecule has 120 valence electrons. The van der Waals surface area contributed by atoms with Crippen molar-refractivity contribution in [2.24, 2.45) is 23.7 Å². The molecule has 4 nitrogen and oxygen atoms in total. The average molecular weight is 310 g/mol. The lowest BCUT2D eigenvalue weighted by Crippen LogP contribution is -2.49. The van der Waals surface area contributed by atoms with E-state index in [0.717, 1.165) is 38.0 Å². The minimum atomic E-state index is 0.0696. The molecule has 1 heterocycles. The Morgan fingerprint density at radius 1 is 1.17 bits per heavy atom. The molecular formula is C19H22N2O2. The number of benzene rings is 1. The van der Waals surface area contributed by atoms with Crippen molar-refractivity contribution < 1.29 is 9.53 Å². The van der Waals surface area contributed by atoms with Gasteiger partial charge in [0, 0.05) is 24.8 Å². The molecule has 1 aliphatic heterocycles. The third kappa shape index (κ3) is 2.69. The molecule has 1 aromatic carbocycles. The van der Waals surface area contributed by atoms with E-state index < -0.39 is 0 Å². The van der Waals surface area contributed by atoms with Crippen LogP contribution in [-0.4, -0.2) is 30.0 Å². The zero-order valence-electron chi connectivity index (χ0n) is 13.2. The first-order chi connectivity index (χ1) is 11.2. The summed E-state index contributed by atoms with van der Waals surface area (Å²) in [5.74, 6) is 2.37. The number of amides is 1. The minimum Gasteiger partial charge on any atom is -0.489 e. The summed E-state index contributed by atoms with van der Waals surface area (Å²) in [7, 11) is 0.